The first kappa shape index (κ1) is 14.1. The average Bonchev–Trinajstić information content (AvgIpc) is 2.71. The third kappa shape index (κ3) is 3.84. The van der Waals surface area contributed by atoms with Crippen molar-refractivity contribution in [2.45, 2.75) is 18.6 Å². The number of aliphatic carboxylic acids is 1. The maximum absolute atomic E-state index is 10.6. The van der Waals surface area contributed by atoms with E-state index in [9.17, 15) is 4.79 Å². The zero-order chi connectivity index (χ0) is 13.8. The third-order valence-electron chi connectivity index (χ3n) is 2.60. The molecule has 0 aliphatic rings. The summed E-state index contributed by atoms with van der Waals surface area (Å²) in [5.74, 6) is -0.808. The fraction of sp³-hybridized carbons (Fsp3) is 0.231. The van der Waals surface area contributed by atoms with E-state index in [1.165, 1.54) is 11.8 Å². The van der Waals surface area contributed by atoms with Crippen LogP contribution in [0.1, 0.15) is 11.3 Å². The van der Waals surface area contributed by atoms with Gasteiger partial charge in [-0.05, 0) is 24.6 Å². The Kier molecular flexibility index (Phi) is 4.66. The molecule has 0 atom stereocenters. The summed E-state index contributed by atoms with van der Waals surface area (Å²) in [6, 6.07) is 8.06. The minimum absolute atomic E-state index is 0.0246. The van der Waals surface area contributed by atoms with Crippen LogP contribution in [0.2, 0.25) is 0 Å². The van der Waals surface area contributed by atoms with E-state index in [2.05, 4.69) is 20.9 Å². The van der Waals surface area contributed by atoms with Gasteiger partial charge in [-0.2, -0.15) is 0 Å². The maximum Gasteiger partial charge on any atom is 0.313 e. The standard InChI is InChI=1S/C13H13BrN2O2S/c1-9-6-15-13(19-8-12(17)18)16(9)7-10-2-4-11(14)5-3-10/h2-6H,7-8H2,1H3,(H,17,18). The number of aryl methyl sites for hydroxylation is 1. The zero-order valence-corrected chi connectivity index (χ0v) is 12.7. The van der Waals surface area contributed by atoms with Crippen LogP contribution in [0.4, 0.5) is 0 Å². The molecule has 1 heterocycles. The van der Waals surface area contributed by atoms with Crippen LogP contribution in [-0.4, -0.2) is 26.4 Å². The molecule has 6 heteroatoms. The minimum Gasteiger partial charge on any atom is -0.481 e. The fourth-order valence-corrected chi connectivity index (χ4v) is 2.65. The molecule has 2 rings (SSSR count). The highest BCUT2D eigenvalue weighted by atomic mass is 79.9. The van der Waals surface area contributed by atoms with Crippen LogP contribution in [0.15, 0.2) is 40.1 Å². The zero-order valence-electron chi connectivity index (χ0n) is 10.3. The SMILES string of the molecule is Cc1cnc(SCC(=O)O)n1Cc1ccc(Br)cc1. The molecular formula is C13H13BrN2O2S. The number of rotatable bonds is 5. The molecule has 0 spiro atoms. The predicted octanol–water partition coefficient (Wildman–Crippen LogP) is 3.18. The monoisotopic (exact) mass is 340 g/mol. The highest BCUT2D eigenvalue weighted by Crippen LogP contribution is 2.20. The van der Waals surface area contributed by atoms with E-state index in [1.807, 2.05) is 35.8 Å². The van der Waals surface area contributed by atoms with Crippen LogP contribution in [0, 0.1) is 6.92 Å². The Labute approximate surface area is 124 Å². The lowest BCUT2D eigenvalue weighted by Gasteiger charge is -2.09. The second kappa shape index (κ2) is 6.25. The first-order valence-corrected chi connectivity index (χ1v) is 7.45. The third-order valence-corrected chi connectivity index (χ3v) is 4.10. The van der Waals surface area contributed by atoms with E-state index in [0.29, 0.717) is 6.54 Å². The molecule has 0 fully saturated rings. The molecule has 4 nitrogen and oxygen atoms in total. The lowest BCUT2D eigenvalue weighted by atomic mass is 10.2. The van der Waals surface area contributed by atoms with Gasteiger partial charge in [-0.3, -0.25) is 4.79 Å². The second-order valence-corrected chi connectivity index (χ2v) is 5.94. The number of aromatic nitrogens is 2. The van der Waals surface area contributed by atoms with Gasteiger partial charge in [-0.1, -0.05) is 39.8 Å². The van der Waals surface area contributed by atoms with Crippen molar-refractivity contribution in [1.82, 2.24) is 9.55 Å². The van der Waals surface area contributed by atoms with Crippen molar-refractivity contribution in [3.8, 4) is 0 Å². The van der Waals surface area contributed by atoms with Gasteiger partial charge in [0.1, 0.15) is 0 Å². The van der Waals surface area contributed by atoms with Crippen LogP contribution in [0.5, 0.6) is 0 Å². The predicted molar refractivity (Wildman–Crippen MR) is 78.6 cm³/mol. The molecule has 1 N–H and O–H groups in total. The van der Waals surface area contributed by atoms with Gasteiger partial charge < -0.3 is 9.67 Å². The van der Waals surface area contributed by atoms with E-state index in [0.717, 1.165) is 20.9 Å². The van der Waals surface area contributed by atoms with E-state index < -0.39 is 5.97 Å². The summed E-state index contributed by atoms with van der Waals surface area (Å²) in [7, 11) is 0. The van der Waals surface area contributed by atoms with Gasteiger partial charge in [0.2, 0.25) is 0 Å². The lowest BCUT2D eigenvalue weighted by molar-refractivity contribution is -0.133. The number of carboxylic acids is 1. The minimum atomic E-state index is -0.833. The smallest absolute Gasteiger partial charge is 0.313 e. The molecule has 0 radical (unpaired) electrons. The van der Waals surface area contributed by atoms with E-state index in [1.54, 1.807) is 6.20 Å². The molecule has 19 heavy (non-hydrogen) atoms. The number of hydrogen-bond acceptors (Lipinski definition) is 3. The highest BCUT2D eigenvalue weighted by Gasteiger charge is 2.10. The number of benzene rings is 1. The van der Waals surface area contributed by atoms with E-state index in [4.69, 9.17) is 5.11 Å². The molecule has 0 unspecified atom stereocenters. The fourth-order valence-electron chi connectivity index (χ4n) is 1.65. The topological polar surface area (TPSA) is 55.1 Å². The molecule has 100 valence electrons. The Hall–Kier alpha value is -1.27. The van der Waals surface area contributed by atoms with Crippen molar-refractivity contribution in [3.05, 3.63) is 46.2 Å². The average molecular weight is 341 g/mol. The van der Waals surface area contributed by atoms with Crippen molar-refractivity contribution < 1.29 is 9.90 Å². The Balaban J connectivity index is 2.16. The van der Waals surface area contributed by atoms with Crippen molar-refractivity contribution in [2.75, 3.05) is 5.75 Å². The number of halogens is 1. The lowest BCUT2D eigenvalue weighted by Crippen LogP contribution is -2.05. The molecule has 2 aromatic rings. The summed E-state index contributed by atoms with van der Waals surface area (Å²) >= 11 is 4.65. The normalized spacial score (nSPS) is 10.6. The van der Waals surface area contributed by atoms with Gasteiger partial charge in [0.15, 0.2) is 5.16 Å². The Morgan fingerprint density at radius 3 is 2.74 bits per heavy atom. The molecule has 1 aromatic carbocycles. The van der Waals surface area contributed by atoms with Crippen LogP contribution in [0.3, 0.4) is 0 Å². The summed E-state index contributed by atoms with van der Waals surface area (Å²) in [5.41, 5.74) is 2.18. The second-order valence-electron chi connectivity index (χ2n) is 4.08. The first-order chi connectivity index (χ1) is 9.06. The largest absolute Gasteiger partial charge is 0.481 e. The number of imidazole rings is 1. The molecule has 0 aliphatic heterocycles. The number of carboxylic acid groups (broad SMARTS) is 1. The van der Waals surface area contributed by atoms with Gasteiger partial charge in [-0.25, -0.2) is 4.98 Å². The number of nitrogens with zero attached hydrogens (tertiary/aromatic N) is 2. The maximum atomic E-state index is 10.6. The molecule has 0 saturated carbocycles. The van der Waals surface area contributed by atoms with Crippen LogP contribution in [0.25, 0.3) is 0 Å². The molecule has 0 bridgehead atoms. The van der Waals surface area contributed by atoms with Gasteiger partial charge in [0, 0.05) is 22.9 Å². The van der Waals surface area contributed by atoms with Crippen LogP contribution < -0.4 is 0 Å². The van der Waals surface area contributed by atoms with Gasteiger partial charge in [0.25, 0.3) is 0 Å². The number of carbonyl (C=O) groups is 1. The van der Waals surface area contributed by atoms with Gasteiger partial charge in [-0.15, -0.1) is 0 Å². The molecule has 0 amide bonds. The molecule has 1 aromatic heterocycles. The summed E-state index contributed by atoms with van der Waals surface area (Å²) in [6.45, 7) is 2.66. The number of thioether (sulfide) groups is 1. The Morgan fingerprint density at radius 1 is 1.42 bits per heavy atom. The summed E-state index contributed by atoms with van der Waals surface area (Å²) in [5, 5.41) is 9.47. The summed E-state index contributed by atoms with van der Waals surface area (Å²) < 4.78 is 3.07. The van der Waals surface area contributed by atoms with Crippen molar-refractivity contribution >= 4 is 33.7 Å². The van der Waals surface area contributed by atoms with Gasteiger partial charge >= 0.3 is 5.97 Å². The van der Waals surface area contributed by atoms with Crippen molar-refractivity contribution in [3.63, 3.8) is 0 Å². The quantitative estimate of drug-likeness (QED) is 0.849. The number of hydrogen-bond donors (Lipinski definition) is 1. The van der Waals surface area contributed by atoms with Crippen molar-refractivity contribution in [2.24, 2.45) is 0 Å². The van der Waals surface area contributed by atoms with E-state index >= 15 is 0 Å². The highest BCUT2D eigenvalue weighted by molar-refractivity contribution is 9.10. The molecule has 0 aliphatic carbocycles. The Morgan fingerprint density at radius 2 is 2.11 bits per heavy atom. The summed E-state index contributed by atoms with van der Waals surface area (Å²) in [6.07, 6.45) is 1.77. The Bertz CT molecular complexity index is 581. The van der Waals surface area contributed by atoms with Crippen LogP contribution in [-0.2, 0) is 11.3 Å². The molecule has 0 saturated heterocycles. The first-order valence-electron chi connectivity index (χ1n) is 5.67. The van der Waals surface area contributed by atoms with Crippen molar-refractivity contribution in [1.29, 1.82) is 0 Å². The summed E-state index contributed by atoms with van der Waals surface area (Å²) in [4.78, 5) is 14.9. The van der Waals surface area contributed by atoms with Gasteiger partial charge in [0.05, 0.1) is 5.75 Å². The van der Waals surface area contributed by atoms with E-state index in [-0.39, 0.29) is 5.75 Å². The van der Waals surface area contributed by atoms with Crippen LogP contribution >= 0.6 is 27.7 Å². The molecular weight excluding hydrogens is 328 g/mol.